The molecule has 2 heterocycles. The molecular formula is C33H22N2. The summed E-state index contributed by atoms with van der Waals surface area (Å²) in [6.45, 7) is 0. The number of nitrogens with zero attached hydrogens (tertiary/aromatic N) is 2. The van der Waals surface area contributed by atoms with Crippen molar-refractivity contribution in [3.05, 3.63) is 134 Å². The van der Waals surface area contributed by atoms with Crippen LogP contribution in [0.25, 0.3) is 60.6 Å². The van der Waals surface area contributed by atoms with E-state index in [9.17, 15) is 0 Å². The Morgan fingerprint density at radius 3 is 1.91 bits per heavy atom. The van der Waals surface area contributed by atoms with Gasteiger partial charge in [0, 0.05) is 33.6 Å². The molecule has 0 saturated carbocycles. The van der Waals surface area contributed by atoms with Gasteiger partial charge >= 0.3 is 0 Å². The van der Waals surface area contributed by atoms with Crippen molar-refractivity contribution in [2.24, 2.45) is 0 Å². The molecule has 164 valence electrons. The number of pyridine rings is 1. The van der Waals surface area contributed by atoms with Gasteiger partial charge in [-0.2, -0.15) is 0 Å². The second-order valence-corrected chi connectivity index (χ2v) is 8.88. The molecular weight excluding hydrogens is 424 g/mol. The molecule has 0 radical (unpaired) electrons. The van der Waals surface area contributed by atoms with E-state index in [-0.39, 0.29) is 0 Å². The van der Waals surface area contributed by atoms with Crippen LogP contribution in [0, 0.1) is 0 Å². The van der Waals surface area contributed by atoms with Crippen LogP contribution in [0.4, 0.5) is 0 Å². The molecule has 0 aliphatic carbocycles. The van der Waals surface area contributed by atoms with Crippen LogP contribution in [-0.4, -0.2) is 9.55 Å². The van der Waals surface area contributed by atoms with E-state index in [4.69, 9.17) is 0 Å². The number of hydrogen-bond acceptors (Lipinski definition) is 1. The lowest BCUT2D eigenvalue weighted by atomic mass is 9.98. The zero-order valence-corrected chi connectivity index (χ0v) is 19.1. The molecule has 0 unspecified atom stereocenters. The Labute approximate surface area is 203 Å². The summed E-state index contributed by atoms with van der Waals surface area (Å²) < 4.78 is 2.37. The molecule has 7 aromatic rings. The summed E-state index contributed by atoms with van der Waals surface area (Å²) in [6, 6.07) is 45.4. The molecule has 0 fully saturated rings. The van der Waals surface area contributed by atoms with Crippen LogP contribution in [0.2, 0.25) is 0 Å². The summed E-state index contributed by atoms with van der Waals surface area (Å²) in [6.07, 6.45) is 1.86. The Balaban J connectivity index is 1.33. The maximum Gasteiger partial charge on any atom is 0.0780 e. The first-order chi connectivity index (χ1) is 17.4. The van der Waals surface area contributed by atoms with Crippen molar-refractivity contribution in [1.29, 1.82) is 0 Å². The van der Waals surface area contributed by atoms with E-state index in [1.165, 1.54) is 44.2 Å². The summed E-state index contributed by atoms with van der Waals surface area (Å²) in [7, 11) is 0. The van der Waals surface area contributed by atoms with Crippen molar-refractivity contribution in [1.82, 2.24) is 9.55 Å². The minimum absolute atomic E-state index is 1.04. The van der Waals surface area contributed by atoms with E-state index in [1.807, 2.05) is 12.3 Å². The van der Waals surface area contributed by atoms with Crippen LogP contribution in [0.5, 0.6) is 0 Å². The first kappa shape index (κ1) is 19.7. The van der Waals surface area contributed by atoms with E-state index in [1.54, 1.807) is 0 Å². The number of para-hydroxylation sites is 3. The van der Waals surface area contributed by atoms with E-state index in [2.05, 4.69) is 131 Å². The minimum atomic E-state index is 1.04. The van der Waals surface area contributed by atoms with Crippen molar-refractivity contribution in [2.45, 2.75) is 0 Å². The van der Waals surface area contributed by atoms with Gasteiger partial charge in [0.2, 0.25) is 0 Å². The van der Waals surface area contributed by atoms with Crippen LogP contribution in [0.1, 0.15) is 0 Å². The van der Waals surface area contributed by atoms with Gasteiger partial charge < -0.3 is 4.57 Å². The Bertz CT molecular complexity index is 1780. The largest absolute Gasteiger partial charge is 0.309 e. The maximum atomic E-state index is 4.63. The Kier molecular flexibility index (Phi) is 4.49. The molecule has 35 heavy (non-hydrogen) atoms. The molecule has 2 aromatic heterocycles. The third-order valence-corrected chi connectivity index (χ3v) is 6.85. The Morgan fingerprint density at radius 2 is 1.14 bits per heavy atom. The molecule has 5 aromatic carbocycles. The molecule has 7 rings (SSSR count). The number of benzene rings is 5. The zero-order chi connectivity index (χ0) is 23.2. The molecule has 2 heteroatoms. The molecule has 0 amide bonds. The van der Waals surface area contributed by atoms with E-state index in [0.29, 0.717) is 0 Å². The average Bonchev–Trinajstić information content (AvgIpc) is 3.27. The third-order valence-electron chi connectivity index (χ3n) is 6.85. The zero-order valence-electron chi connectivity index (χ0n) is 19.1. The van der Waals surface area contributed by atoms with E-state index < -0.39 is 0 Å². The monoisotopic (exact) mass is 446 g/mol. The summed E-state index contributed by atoms with van der Waals surface area (Å²) >= 11 is 0. The second kappa shape index (κ2) is 7.96. The summed E-state index contributed by atoms with van der Waals surface area (Å²) in [5.41, 5.74) is 9.40. The van der Waals surface area contributed by atoms with Gasteiger partial charge in [-0.1, -0.05) is 97.1 Å². The number of fused-ring (bicyclic) bond motifs is 4. The lowest BCUT2D eigenvalue weighted by Crippen LogP contribution is -1.94. The van der Waals surface area contributed by atoms with Crippen LogP contribution in [0.15, 0.2) is 134 Å². The number of hydrogen-bond donors (Lipinski definition) is 0. The van der Waals surface area contributed by atoms with Gasteiger partial charge in [0.25, 0.3) is 0 Å². The highest BCUT2D eigenvalue weighted by Crippen LogP contribution is 2.34. The molecule has 0 bridgehead atoms. The van der Waals surface area contributed by atoms with Gasteiger partial charge in [-0.3, -0.25) is 4.98 Å². The Hall–Kier alpha value is -4.69. The fourth-order valence-corrected chi connectivity index (χ4v) is 5.20. The quantitative estimate of drug-likeness (QED) is 0.265. The molecule has 0 atom stereocenters. The topological polar surface area (TPSA) is 17.8 Å². The lowest BCUT2D eigenvalue weighted by molar-refractivity contribution is 1.18. The lowest BCUT2D eigenvalue weighted by Gasteiger charge is -2.11. The van der Waals surface area contributed by atoms with Gasteiger partial charge in [-0.15, -0.1) is 0 Å². The minimum Gasteiger partial charge on any atom is -0.309 e. The molecule has 0 saturated heterocycles. The predicted molar refractivity (Wildman–Crippen MR) is 147 cm³/mol. The first-order valence-corrected chi connectivity index (χ1v) is 11.9. The van der Waals surface area contributed by atoms with Gasteiger partial charge in [0.15, 0.2) is 0 Å². The summed E-state index contributed by atoms with van der Waals surface area (Å²) in [5.74, 6) is 0. The summed E-state index contributed by atoms with van der Waals surface area (Å²) in [5, 5.41) is 3.72. The van der Waals surface area contributed by atoms with Crippen molar-refractivity contribution in [3.63, 3.8) is 0 Å². The van der Waals surface area contributed by atoms with E-state index >= 15 is 0 Å². The van der Waals surface area contributed by atoms with Gasteiger partial charge in [0.05, 0.1) is 16.6 Å². The fourth-order valence-electron chi connectivity index (χ4n) is 5.20. The van der Waals surface area contributed by atoms with Crippen molar-refractivity contribution < 1.29 is 0 Å². The maximum absolute atomic E-state index is 4.63. The first-order valence-electron chi connectivity index (χ1n) is 11.9. The van der Waals surface area contributed by atoms with Crippen LogP contribution < -0.4 is 0 Å². The van der Waals surface area contributed by atoms with Crippen molar-refractivity contribution >= 4 is 32.7 Å². The number of rotatable bonds is 3. The predicted octanol–water partition coefficient (Wildman–Crippen LogP) is 8.67. The molecule has 0 aliphatic heterocycles. The standard InChI is InChI=1S/C33H22N2/c1-3-15-31-29(12-1)30-13-2-4-16-32(30)35(31)27-11-5-9-26(22-27)23-17-19-24(20-18-23)28-14-6-8-25-10-7-21-34-33(25)28/h1-22H. The van der Waals surface area contributed by atoms with Crippen molar-refractivity contribution in [3.8, 4) is 27.9 Å². The highest BCUT2D eigenvalue weighted by atomic mass is 15.0. The van der Waals surface area contributed by atoms with Crippen molar-refractivity contribution in [2.75, 3.05) is 0 Å². The van der Waals surface area contributed by atoms with Crippen LogP contribution in [-0.2, 0) is 0 Å². The normalized spacial score (nSPS) is 11.4. The molecule has 0 spiro atoms. The summed E-state index contributed by atoms with van der Waals surface area (Å²) in [4.78, 5) is 4.63. The Morgan fingerprint density at radius 1 is 0.486 bits per heavy atom. The molecule has 2 nitrogen and oxygen atoms in total. The SMILES string of the molecule is c1cc(-c2ccc(-c3cccc4cccnc34)cc2)cc(-n2c3ccccc3c3ccccc32)c1. The van der Waals surface area contributed by atoms with Crippen LogP contribution in [0.3, 0.4) is 0 Å². The van der Waals surface area contributed by atoms with Gasteiger partial charge in [0.1, 0.15) is 0 Å². The highest BCUT2D eigenvalue weighted by molar-refractivity contribution is 6.09. The average molecular weight is 447 g/mol. The highest BCUT2D eigenvalue weighted by Gasteiger charge is 2.12. The van der Waals surface area contributed by atoms with Gasteiger partial charge in [-0.05, 0) is 47.0 Å². The van der Waals surface area contributed by atoms with E-state index in [0.717, 1.165) is 16.5 Å². The second-order valence-electron chi connectivity index (χ2n) is 8.88. The molecule has 0 N–H and O–H groups in total. The smallest absolute Gasteiger partial charge is 0.0780 e. The third kappa shape index (κ3) is 3.23. The van der Waals surface area contributed by atoms with Gasteiger partial charge in [-0.25, -0.2) is 0 Å². The number of aromatic nitrogens is 2. The fraction of sp³-hybridized carbons (Fsp3) is 0. The molecule has 0 aliphatic rings. The van der Waals surface area contributed by atoms with Crippen LogP contribution >= 0.6 is 0 Å².